The topological polar surface area (TPSA) is 60.9 Å². The number of aromatic nitrogens is 1. The second kappa shape index (κ2) is 7.41. The van der Waals surface area contributed by atoms with Gasteiger partial charge in [0, 0.05) is 18.2 Å². The van der Waals surface area contributed by atoms with Gasteiger partial charge in [-0.1, -0.05) is 12.1 Å². The van der Waals surface area contributed by atoms with Crippen molar-refractivity contribution < 1.29 is 19.0 Å². The van der Waals surface area contributed by atoms with Crippen LogP contribution in [0.3, 0.4) is 0 Å². The SMILES string of the molecule is O=C([C@H]1CCCO1)N(Cc1nccs1)C[C@@H]1COc2ccccc2O1. The molecule has 2 aliphatic rings. The molecule has 1 amide bonds. The number of benzene rings is 1. The van der Waals surface area contributed by atoms with Crippen LogP contribution in [0.15, 0.2) is 35.8 Å². The number of carbonyl (C=O) groups is 1. The van der Waals surface area contributed by atoms with E-state index in [-0.39, 0.29) is 18.1 Å². The quantitative estimate of drug-likeness (QED) is 0.820. The molecule has 1 aromatic heterocycles. The summed E-state index contributed by atoms with van der Waals surface area (Å²) in [7, 11) is 0. The number of carbonyl (C=O) groups excluding carboxylic acids is 1. The summed E-state index contributed by atoms with van der Waals surface area (Å²) in [6.45, 7) is 1.99. The van der Waals surface area contributed by atoms with Gasteiger partial charge in [0.25, 0.3) is 5.91 Å². The van der Waals surface area contributed by atoms with Gasteiger partial charge in [0.05, 0.1) is 13.1 Å². The molecule has 1 aromatic carbocycles. The van der Waals surface area contributed by atoms with Crippen LogP contribution in [-0.4, -0.2) is 47.8 Å². The fraction of sp³-hybridized carbons (Fsp3) is 0.444. The molecule has 2 atom stereocenters. The predicted molar refractivity (Wildman–Crippen MR) is 92.9 cm³/mol. The molecule has 2 aliphatic heterocycles. The lowest BCUT2D eigenvalue weighted by atomic mass is 10.2. The molecule has 3 heterocycles. The second-order valence-electron chi connectivity index (χ2n) is 6.14. The summed E-state index contributed by atoms with van der Waals surface area (Å²) in [6, 6.07) is 7.60. The van der Waals surface area contributed by atoms with Crippen LogP contribution in [-0.2, 0) is 16.1 Å². The number of hydrogen-bond donors (Lipinski definition) is 0. The maximum atomic E-state index is 12.9. The molecule has 25 heavy (non-hydrogen) atoms. The highest BCUT2D eigenvalue weighted by Gasteiger charge is 2.32. The molecule has 0 spiro atoms. The number of ether oxygens (including phenoxy) is 3. The zero-order valence-corrected chi connectivity index (χ0v) is 14.6. The van der Waals surface area contributed by atoms with Crippen molar-refractivity contribution in [2.45, 2.75) is 31.6 Å². The first-order chi connectivity index (χ1) is 12.3. The van der Waals surface area contributed by atoms with E-state index >= 15 is 0 Å². The molecule has 132 valence electrons. The van der Waals surface area contributed by atoms with Crippen LogP contribution in [0.2, 0.25) is 0 Å². The number of para-hydroxylation sites is 2. The average molecular weight is 360 g/mol. The molecule has 1 fully saturated rings. The second-order valence-corrected chi connectivity index (χ2v) is 7.12. The van der Waals surface area contributed by atoms with Crippen molar-refractivity contribution in [2.75, 3.05) is 19.8 Å². The van der Waals surface area contributed by atoms with E-state index in [1.807, 2.05) is 29.6 Å². The lowest BCUT2D eigenvalue weighted by Gasteiger charge is -2.32. The van der Waals surface area contributed by atoms with Gasteiger partial charge in [-0.2, -0.15) is 0 Å². The Morgan fingerprint density at radius 1 is 1.32 bits per heavy atom. The number of hydrogen-bond acceptors (Lipinski definition) is 6. The largest absolute Gasteiger partial charge is 0.486 e. The third-order valence-corrected chi connectivity index (χ3v) is 5.08. The zero-order chi connectivity index (χ0) is 17.1. The Morgan fingerprint density at radius 3 is 2.96 bits per heavy atom. The fourth-order valence-corrected chi connectivity index (χ4v) is 3.73. The molecule has 7 heteroatoms. The van der Waals surface area contributed by atoms with Crippen molar-refractivity contribution in [2.24, 2.45) is 0 Å². The van der Waals surface area contributed by atoms with Gasteiger partial charge < -0.3 is 19.1 Å². The Labute approximate surface area is 150 Å². The first-order valence-corrected chi connectivity index (χ1v) is 9.35. The van der Waals surface area contributed by atoms with Gasteiger partial charge in [-0.25, -0.2) is 4.98 Å². The minimum Gasteiger partial charge on any atom is -0.486 e. The molecule has 1 saturated heterocycles. The summed E-state index contributed by atoms with van der Waals surface area (Å²) in [4.78, 5) is 19.0. The molecule has 2 aromatic rings. The van der Waals surface area contributed by atoms with Gasteiger partial charge >= 0.3 is 0 Å². The number of nitrogens with zero attached hydrogens (tertiary/aromatic N) is 2. The molecule has 0 aliphatic carbocycles. The Morgan fingerprint density at radius 2 is 2.20 bits per heavy atom. The van der Waals surface area contributed by atoms with E-state index in [0.29, 0.717) is 26.3 Å². The molecular weight excluding hydrogens is 340 g/mol. The van der Waals surface area contributed by atoms with Crippen molar-refractivity contribution in [3.63, 3.8) is 0 Å². The third-order valence-electron chi connectivity index (χ3n) is 4.32. The molecule has 0 bridgehead atoms. The van der Waals surface area contributed by atoms with Crippen LogP contribution >= 0.6 is 11.3 Å². The highest BCUT2D eigenvalue weighted by atomic mass is 32.1. The summed E-state index contributed by atoms with van der Waals surface area (Å²) in [5.74, 6) is 1.48. The smallest absolute Gasteiger partial charge is 0.252 e. The average Bonchev–Trinajstić information content (AvgIpc) is 3.34. The van der Waals surface area contributed by atoms with E-state index in [1.54, 1.807) is 22.4 Å². The Bertz CT molecular complexity index is 716. The monoisotopic (exact) mass is 360 g/mol. The van der Waals surface area contributed by atoms with Gasteiger partial charge in [0.1, 0.15) is 17.7 Å². The molecular formula is C18H20N2O4S. The minimum absolute atomic E-state index is 0.00941. The first-order valence-electron chi connectivity index (χ1n) is 8.47. The van der Waals surface area contributed by atoms with Crippen LogP contribution in [0.4, 0.5) is 0 Å². The van der Waals surface area contributed by atoms with Crippen molar-refractivity contribution in [3.8, 4) is 11.5 Å². The Kier molecular flexibility index (Phi) is 4.85. The van der Waals surface area contributed by atoms with Crippen molar-refractivity contribution in [3.05, 3.63) is 40.8 Å². The van der Waals surface area contributed by atoms with Crippen molar-refractivity contribution >= 4 is 17.2 Å². The van der Waals surface area contributed by atoms with Gasteiger partial charge in [-0.15, -0.1) is 11.3 Å². The van der Waals surface area contributed by atoms with Crippen LogP contribution in [0, 0.1) is 0 Å². The minimum atomic E-state index is -0.350. The van der Waals surface area contributed by atoms with Gasteiger partial charge in [-0.05, 0) is 25.0 Å². The summed E-state index contributed by atoms with van der Waals surface area (Å²) >= 11 is 1.54. The van der Waals surface area contributed by atoms with Crippen LogP contribution in [0.1, 0.15) is 17.8 Å². The van der Waals surface area contributed by atoms with Gasteiger partial charge in [-0.3, -0.25) is 4.79 Å². The summed E-state index contributed by atoms with van der Waals surface area (Å²) in [5, 5.41) is 2.82. The van der Waals surface area contributed by atoms with Crippen LogP contribution < -0.4 is 9.47 Å². The third kappa shape index (κ3) is 3.77. The van der Waals surface area contributed by atoms with Crippen LogP contribution in [0.5, 0.6) is 11.5 Å². The normalized spacial score (nSPS) is 21.9. The summed E-state index contributed by atoms with van der Waals surface area (Å²) in [6.07, 6.45) is 2.90. The van der Waals surface area contributed by atoms with Crippen molar-refractivity contribution in [1.82, 2.24) is 9.88 Å². The fourth-order valence-electron chi connectivity index (χ4n) is 3.10. The molecule has 0 unspecified atom stereocenters. The highest BCUT2D eigenvalue weighted by Crippen LogP contribution is 2.31. The molecule has 6 nitrogen and oxygen atoms in total. The lowest BCUT2D eigenvalue weighted by molar-refractivity contribution is -0.143. The number of fused-ring (bicyclic) bond motifs is 1. The predicted octanol–water partition coefficient (Wildman–Crippen LogP) is 2.49. The van der Waals surface area contributed by atoms with E-state index < -0.39 is 0 Å². The highest BCUT2D eigenvalue weighted by molar-refractivity contribution is 7.09. The number of amides is 1. The van der Waals surface area contributed by atoms with E-state index in [4.69, 9.17) is 14.2 Å². The molecule has 0 saturated carbocycles. The first kappa shape index (κ1) is 16.4. The van der Waals surface area contributed by atoms with Gasteiger partial charge in [0.2, 0.25) is 0 Å². The maximum Gasteiger partial charge on any atom is 0.252 e. The molecule has 4 rings (SSSR count). The Hall–Kier alpha value is -2.12. The number of rotatable bonds is 5. The van der Waals surface area contributed by atoms with Crippen molar-refractivity contribution in [1.29, 1.82) is 0 Å². The Balaban J connectivity index is 1.47. The van der Waals surface area contributed by atoms with E-state index in [9.17, 15) is 4.79 Å². The molecule has 0 N–H and O–H groups in total. The van der Waals surface area contributed by atoms with E-state index in [2.05, 4.69) is 4.98 Å². The maximum absolute atomic E-state index is 12.9. The zero-order valence-electron chi connectivity index (χ0n) is 13.8. The van der Waals surface area contributed by atoms with Crippen LogP contribution in [0.25, 0.3) is 0 Å². The lowest BCUT2D eigenvalue weighted by Crippen LogP contribution is -2.46. The van der Waals surface area contributed by atoms with Gasteiger partial charge in [0.15, 0.2) is 17.6 Å². The van der Waals surface area contributed by atoms with E-state index in [1.165, 1.54) is 0 Å². The molecule has 0 radical (unpaired) electrons. The summed E-state index contributed by atoms with van der Waals surface area (Å²) in [5.41, 5.74) is 0. The van der Waals surface area contributed by atoms with E-state index in [0.717, 1.165) is 29.3 Å². The number of thiazole rings is 1. The summed E-state index contributed by atoms with van der Waals surface area (Å²) < 4.78 is 17.4. The standard InChI is InChI=1S/C18H20N2O4S/c21-18(16-6-3-8-22-16)20(11-17-19-7-9-25-17)10-13-12-23-14-4-1-2-5-15(14)24-13/h1-2,4-5,7,9,13,16H,3,6,8,10-12H2/t13-,16-/m1/s1.